The molecule has 2 rings (SSSR count). The molecule has 0 atom stereocenters. The van der Waals surface area contributed by atoms with E-state index in [0.717, 1.165) is 6.54 Å². The molecule has 1 fully saturated rings. The molecule has 1 aromatic heterocycles. The summed E-state index contributed by atoms with van der Waals surface area (Å²) in [5.41, 5.74) is 6.20. The molecule has 0 saturated heterocycles. The summed E-state index contributed by atoms with van der Waals surface area (Å²) in [5.74, 6) is -0.119. The van der Waals surface area contributed by atoms with E-state index in [1.54, 1.807) is 5.38 Å². The number of carbonyl (C=O) groups excluding carboxylic acids is 1. The predicted octanol–water partition coefficient (Wildman–Crippen LogP) is 1.26. The van der Waals surface area contributed by atoms with Crippen molar-refractivity contribution in [2.24, 2.45) is 5.41 Å². The van der Waals surface area contributed by atoms with Crippen LogP contribution in [0.25, 0.3) is 0 Å². The number of nitrogens with zero attached hydrogens (tertiary/aromatic N) is 1. The number of nitrogens with two attached hydrogens (primary N) is 1. The zero-order chi connectivity index (χ0) is 10.2. The molecule has 0 unspecified atom stereocenters. The Balaban J connectivity index is 1.89. The molecular weight excluding hydrogens is 198 g/mol. The van der Waals surface area contributed by atoms with Crippen LogP contribution in [0.4, 0.5) is 5.13 Å². The number of amides is 1. The van der Waals surface area contributed by atoms with Crippen LogP contribution in [0.1, 0.15) is 30.3 Å². The lowest BCUT2D eigenvalue weighted by Crippen LogP contribution is -2.29. The maximum atomic E-state index is 11.5. The number of thiazole rings is 1. The first kappa shape index (κ1) is 9.45. The Kier molecular flexibility index (Phi) is 2.19. The fourth-order valence-corrected chi connectivity index (χ4v) is 1.71. The third kappa shape index (κ3) is 2.04. The number of rotatable bonds is 3. The number of carbonyl (C=O) groups is 1. The number of hydrogen-bond donors (Lipinski definition) is 2. The molecule has 1 aromatic rings. The molecule has 0 radical (unpaired) electrons. The summed E-state index contributed by atoms with van der Waals surface area (Å²) in [6.45, 7) is 2.91. The Morgan fingerprint density at radius 1 is 1.79 bits per heavy atom. The largest absolute Gasteiger partial charge is 0.375 e. The van der Waals surface area contributed by atoms with Gasteiger partial charge in [0.25, 0.3) is 5.91 Å². The Morgan fingerprint density at radius 3 is 3.00 bits per heavy atom. The summed E-state index contributed by atoms with van der Waals surface area (Å²) in [5, 5.41) is 4.98. The second-order valence-corrected chi connectivity index (χ2v) is 4.95. The third-order valence-electron chi connectivity index (χ3n) is 2.53. The van der Waals surface area contributed by atoms with Gasteiger partial charge in [-0.25, -0.2) is 4.98 Å². The molecule has 4 nitrogen and oxygen atoms in total. The summed E-state index contributed by atoms with van der Waals surface area (Å²) in [6.07, 6.45) is 2.40. The summed E-state index contributed by atoms with van der Waals surface area (Å²) >= 11 is 1.29. The first-order valence-corrected chi connectivity index (χ1v) is 5.46. The Labute approximate surface area is 86.5 Å². The van der Waals surface area contributed by atoms with Crippen molar-refractivity contribution in [3.8, 4) is 0 Å². The van der Waals surface area contributed by atoms with E-state index in [0.29, 0.717) is 16.2 Å². The van der Waals surface area contributed by atoms with Crippen LogP contribution in [0.15, 0.2) is 5.38 Å². The maximum Gasteiger partial charge on any atom is 0.270 e. The van der Waals surface area contributed by atoms with Gasteiger partial charge in [-0.2, -0.15) is 0 Å². The molecule has 5 heteroatoms. The van der Waals surface area contributed by atoms with E-state index in [4.69, 9.17) is 5.73 Å². The van der Waals surface area contributed by atoms with Gasteiger partial charge in [0.05, 0.1) is 0 Å². The lowest BCUT2D eigenvalue weighted by molar-refractivity contribution is 0.0942. The zero-order valence-electron chi connectivity index (χ0n) is 8.04. The molecule has 1 amide bonds. The van der Waals surface area contributed by atoms with E-state index < -0.39 is 0 Å². The number of nitrogens with one attached hydrogen (secondary N) is 1. The fraction of sp³-hybridized carbons (Fsp3) is 0.556. The fourth-order valence-electron chi connectivity index (χ4n) is 1.17. The highest BCUT2D eigenvalue weighted by atomic mass is 32.1. The van der Waals surface area contributed by atoms with E-state index in [-0.39, 0.29) is 5.91 Å². The van der Waals surface area contributed by atoms with E-state index >= 15 is 0 Å². The van der Waals surface area contributed by atoms with Crippen LogP contribution in [-0.2, 0) is 0 Å². The first-order valence-electron chi connectivity index (χ1n) is 4.58. The van der Waals surface area contributed by atoms with E-state index in [1.807, 2.05) is 0 Å². The van der Waals surface area contributed by atoms with Crippen LogP contribution in [0.5, 0.6) is 0 Å². The lowest BCUT2D eigenvalue weighted by Gasteiger charge is -2.08. The van der Waals surface area contributed by atoms with E-state index in [1.165, 1.54) is 24.2 Å². The van der Waals surface area contributed by atoms with Crippen molar-refractivity contribution in [2.45, 2.75) is 19.8 Å². The molecule has 3 N–H and O–H groups in total. The molecule has 0 spiro atoms. The average molecular weight is 211 g/mol. The summed E-state index contributed by atoms with van der Waals surface area (Å²) in [4.78, 5) is 15.4. The van der Waals surface area contributed by atoms with Crippen molar-refractivity contribution in [3.63, 3.8) is 0 Å². The molecule has 1 heterocycles. The smallest absolute Gasteiger partial charge is 0.270 e. The number of nitrogen functional groups attached to an aromatic ring is 1. The molecule has 1 aliphatic rings. The average Bonchev–Trinajstić information content (AvgIpc) is 2.71. The van der Waals surface area contributed by atoms with Crippen molar-refractivity contribution in [1.82, 2.24) is 10.3 Å². The molecule has 0 aromatic carbocycles. The topological polar surface area (TPSA) is 68.0 Å². The van der Waals surface area contributed by atoms with Crippen molar-refractivity contribution in [3.05, 3.63) is 11.1 Å². The summed E-state index contributed by atoms with van der Waals surface area (Å²) < 4.78 is 0. The van der Waals surface area contributed by atoms with Crippen molar-refractivity contribution < 1.29 is 4.79 Å². The first-order chi connectivity index (χ1) is 6.59. The molecular formula is C9H13N3OS. The van der Waals surface area contributed by atoms with Gasteiger partial charge in [-0.05, 0) is 18.3 Å². The van der Waals surface area contributed by atoms with Crippen molar-refractivity contribution in [2.75, 3.05) is 12.3 Å². The predicted molar refractivity (Wildman–Crippen MR) is 56.2 cm³/mol. The minimum absolute atomic E-state index is 0.119. The van der Waals surface area contributed by atoms with Gasteiger partial charge >= 0.3 is 0 Å². The number of anilines is 1. The summed E-state index contributed by atoms with van der Waals surface area (Å²) in [7, 11) is 0. The molecule has 0 bridgehead atoms. The maximum absolute atomic E-state index is 11.5. The number of hydrogen-bond acceptors (Lipinski definition) is 4. The van der Waals surface area contributed by atoms with Crippen molar-refractivity contribution >= 4 is 22.4 Å². The van der Waals surface area contributed by atoms with Crippen LogP contribution in [0, 0.1) is 5.41 Å². The zero-order valence-corrected chi connectivity index (χ0v) is 8.86. The molecule has 1 saturated carbocycles. The van der Waals surface area contributed by atoms with Crippen molar-refractivity contribution in [1.29, 1.82) is 0 Å². The standard InChI is InChI=1S/C9H13N3OS/c1-9(2-3-9)5-11-7(13)6-4-14-8(10)12-6/h4H,2-3,5H2,1H3,(H2,10,12)(H,11,13). The minimum atomic E-state index is -0.119. The highest BCUT2D eigenvalue weighted by Gasteiger charge is 2.37. The monoisotopic (exact) mass is 211 g/mol. The second-order valence-electron chi connectivity index (χ2n) is 4.06. The van der Waals surface area contributed by atoms with Gasteiger partial charge in [0, 0.05) is 11.9 Å². The Morgan fingerprint density at radius 2 is 2.50 bits per heavy atom. The van der Waals surface area contributed by atoms with Crippen LogP contribution in [0.3, 0.4) is 0 Å². The van der Waals surface area contributed by atoms with Gasteiger partial charge in [0.2, 0.25) is 0 Å². The quantitative estimate of drug-likeness (QED) is 0.790. The molecule has 0 aliphatic heterocycles. The molecule has 1 aliphatic carbocycles. The Bertz CT molecular complexity index is 357. The van der Waals surface area contributed by atoms with Gasteiger partial charge < -0.3 is 11.1 Å². The lowest BCUT2D eigenvalue weighted by atomic mass is 10.1. The SMILES string of the molecule is CC1(CNC(=O)c2csc(N)n2)CC1. The highest BCUT2D eigenvalue weighted by molar-refractivity contribution is 7.13. The second kappa shape index (κ2) is 3.24. The third-order valence-corrected chi connectivity index (χ3v) is 3.21. The number of aromatic nitrogens is 1. The van der Waals surface area contributed by atoms with Crippen LogP contribution in [-0.4, -0.2) is 17.4 Å². The van der Waals surface area contributed by atoms with Crippen LogP contribution in [0.2, 0.25) is 0 Å². The molecule has 76 valence electrons. The highest BCUT2D eigenvalue weighted by Crippen LogP contribution is 2.44. The van der Waals surface area contributed by atoms with Gasteiger partial charge in [0.15, 0.2) is 5.13 Å². The van der Waals surface area contributed by atoms with Crippen LogP contribution < -0.4 is 11.1 Å². The normalized spacial score (nSPS) is 17.8. The Hall–Kier alpha value is -1.10. The van der Waals surface area contributed by atoms with E-state index in [2.05, 4.69) is 17.2 Å². The summed E-state index contributed by atoms with van der Waals surface area (Å²) in [6, 6.07) is 0. The van der Waals surface area contributed by atoms with Gasteiger partial charge in [-0.15, -0.1) is 11.3 Å². The van der Waals surface area contributed by atoms with Gasteiger partial charge in [0.1, 0.15) is 5.69 Å². The van der Waals surface area contributed by atoms with Gasteiger partial charge in [-0.3, -0.25) is 4.79 Å². The van der Waals surface area contributed by atoms with Gasteiger partial charge in [-0.1, -0.05) is 6.92 Å². The minimum Gasteiger partial charge on any atom is -0.375 e. The van der Waals surface area contributed by atoms with Crippen LogP contribution >= 0.6 is 11.3 Å². The van der Waals surface area contributed by atoms with E-state index in [9.17, 15) is 4.79 Å². The molecule has 14 heavy (non-hydrogen) atoms.